The Hall–Kier alpha value is -3.07. The minimum absolute atomic E-state index is 0.0636. The van der Waals surface area contributed by atoms with E-state index in [-0.39, 0.29) is 11.7 Å². The van der Waals surface area contributed by atoms with E-state index in [0.29, 0.717) is 0 Å². The van der Waals surface area contributed by atoms with Crippen LogP contribution in [0.3, 0.4) is 0 Å². The van der Waals surface area contributed by atoms with Gasteiger partial charge in [0.25, 0.3) is 0 Å². The fourth-order valence-electron chi connectivity index (χ4n) is 3.73. The topological polar surface area (TPSA) is 49.3 Å². The second-order valence-corrected chi connectivity index (χ2v) is 6.61. The largest absolute Gasteiger partial charge is 0.508 e. The third-order valence-electron chi connectivity index (χ3n) is 5.04. The fourth-order valence-corrected chi connectivity index (χ4v) is 3.73. The lowest BCUT2D eigenvalue weighted by atomic mass is 9.70. The van der Waals surface area contributed by atoms with Gasteiger partial charge in [-0.3, -0.25) is 4.79 Å². The van der Waals surface area contributed by atoms with Crippen molar-refractivity contribution in [2.75, 3.05) is 5.32 Å². The smallest absolute Gasteiger partial charge is 0.244 e. The maximum atomic E-state index is 13.3. The predicted molar refractivity (Wildman–Crippen MR) is 99.0 cm³/mol. The molecule has 3 heteroatoms. The summed E-state index contributed by atoms with van der Waals surface area (Å²) in [7, 11) is 0. The molecule has 25 heavy (non-hydrogen) atoms. The van der Waals surface area contributed by atoms with E-state index in [4.69, 9.17) is 0 Å². The monoisotopic (exact) mass is 329 g/mol. The number of phenolic OH excluding ortho intramolecular Hbond substituents is 1. The van der Waals surface area contributed by atoms with Crippen LogP contribution in [0.5, 0.6) is 5.75 Å². The van der Waals surface area contributed by atoms with Crippen molar-refractivity contribution in [3.8, 4) is 5.75 Å². The van der Waals surface area contributed by atoms with Gasteiger partial charge in [0.05, 0.1) is 0 Å². The molecule has 0 bridgehead atoms. The van der Waals surface area contributed by atoms with Gasteiger partial charge in [0, 0.05) is 11.3 Å². The van der Waals surface area contributed by atoms with Crippen molar-refractivity contribution in [2.24, 2.45) is 0 Å². The molecule has 0 aliphatic carbocycles. The van der Waals surface area contributed by atoms with Crippen LogP contribution in [-0.2, 0) is 10.2 Å². The van der Waals surface area contributed by atoms with Gasteiger partial charge in [-0.1, -0.05) is 60.2 Å². The number of amides is 1. The SMILES string of the molecule is Cc1ccc([C@]2(c3ccc(O)cc3)C(=O)Nc3c(C)cccc32)cc1. The van der Waals surface area contributed by atoms with Gasteiger partial charge in [-0.25, -0.2) is 0 Å². The summed E-state index contributed by atoms with van der Waals surface area (Å²) >= 11 is 0. The number of nitrogens with one attached hydrogen (secondary N) is 1. The number of phenols is 1. The summed E-state index contributed by atoms with van der Waals surface area (Å²) in [6, 6.07) is 21.0. The van der Waals surface area contributed by atoms with Gasteiger partial charge in [-0.05, 0) is 42.7 Å². The van der Waals surface area contributed by atoms with Gasteiger partial charge in [0.1, 0.15) is 11.2 Å². The third kappa shape index (κ3) is 2.16. The van der Waals surface area contributed by atoms with Gasteiger partial charge in [0.15, 0.2) is 0 Å². The van der Waals surface area contributed by atoms with Crippen LogP contribution in [0.25, 0.3) is 0 Å². The summed E-state index contributed by atoms with van der Waals surface area (Å²) in [6.07, 6.45) is 0. The van der Waals surface area contributed by atoms with E-state index in [2.05, 4.69) is 5.32 Å². The second-order valence-electron chi connectivity index (χ2n) is 6.61. The van der Waals surface area contributed by atoms with Crippen LogP contribution in [0.2, 0.25) is 0 Å². The van der Waals surface area contributed by atoms with E-state index in [1.165, 1.54) is 0 Å². The quantitative estimate of drug-likeness (QED) is 0.736. The lowest BCUT2D eigenvalue weighted by molar-refractivity contribution is -0.118. The van der Waals surface area contributed by atoms with Crippen molar-refractivity contribution in [3.05, 3.63) is 94.5 Å². The van der Waals surface area contributed by atoms with Gasteiger partial charge in [0.2, 0.25) is 5.91 Å². The highest BCUT2D eigenvalue weighted by atomic mass is 16.3. The molecule has 2 N–H and O–H groups in total. The first kappa shape index (κ1) is 15.5. The van der Waals surface area contributed by atoms with E-state index in [1.54, 1.807) is 12.1 Å². The zero-order chi connectivity index (χ0) is 17.6. The molecule has 3 nitrogen and oxygen atoms in total. The highest BCUT2D eigenvalue weighted by Crippen LogP contribution is 2.48. The number of hydrogen-bond donors (Lipinski definition) is 2. The van der Waals surface area contributed by atoms with Crippen LogP contribution in [0.15, 0.2) is 66.7 Å². The van der Waals surface area contributed by atoms with Gasteiger partial charge in [-0.15, -0.1) is 0 Å². The molecule has 3 aromatic carbocycles. The Labute approximate surface area is 147 Å². The maximum Gasteiger partial charge on any atom is 0.244 e. The normalized spacial score (nSPS) is 18.7. The van der Waals surface area contributed by atoms with Crippen molar-refractivity contribution < 1.29 is 9.90 Å². The van der Waals surface area contributed by atoms with Gasteiger partial charge in [-0.2, -0.15) is 0 Å². The number of para-hydroxylation sites is 1. The average molecular weight is 329 g/mol. The minimum Gasteiger partial charge on any atom is -0.508 e. The first-order valence-electron chi connectivity index (χ1n) is 8.31. The lowest BCUT2D eigenvalue weighted by Gasteiger charge is -2.29. The molecule has 4 rings (SSSR count). The summed E-state index contributed by atoms with van der Waals surface area (Å²) in [5, 5.41) is 12.8. The van der Waals surface area contributed by atoms with Crippen molar-refractivity contribution in [1.82, 2.24) is 0 Å². The molecule has 1 heterocycles. The molecular formula is C22H19NO2. The van der Waals surface area contributed by atoms with Crippen LogP contribution in [0, 0.1) is 13.8 Å². The van der Waals surface area contributed by atoms with Gasteiger partial charge >= 0.3 is 0 Å². The average Bonchev–Trinajstić information content (AvgIpc) is 2.91. The van der Waals surface area contributed by atoms with Crippen molar-refractivity contribution >= 4 is 11.6 Å². The molecule has 3 aromatic rings. The van der Waals surface area contributed by atoms with E-state index >= 15 is 0 Å². The third-order valence-corrected chi connectivity index (χ3v) is 5.04. The molecule has 1 amide bonds. The molecule has 1 aliphatic rings. The highest BCUT2D eigenvalue weighted by Gasteiger charge is 2.50. The van der Waals surface area contributed by atoms with Crippen LogP contribution < -0.4 is 5.32 Å². The molecule has 0 unspecified atom stereocenters. The lowest BCUT2D eigenvalue weighted by Crippen LogP contribution is -2.36. The van der Waals surface area contributed by atoms with Crippen molar-refractivity contribution in [1.29, 1.82) is 0 Å². The summed E-state index contributed by atoms with van der Waals surface area (Å²) in [6.45, 7) is 4.03. The number of rotatable bonds is 2. The summed E-state index contributed by atoms with van der Waals surface area (Å²) in [5.41, 5.74) is 4.86. The Kier molecular flexibility index (Phi) is 3.39. The highest BCUT2D eigenvalue weighted by molar-refractivity contribution is 6.12. The minimum atomic E-state index is -0.914. The van der Waals surface area contributed by atoms with E-state index < -0.39 is 5.41 Å². The van der Waals surface area contributed by atoms with Crippen LogP contribution in [-0.4, -0.2) is 11.0 Å². The molecule has 0 saturated heterocycles. The number of fused-ring (bicyclic) bond motifs is 1. The number of aromatic hydroxyl groups is 1. The molecular weight excluding hydrogens is 310 g/mol. The van der Waals surface area contributed by atoms with Crippen LogP contribution in [0.1, 0.15) is 27.8 Å². The molecule has 0 radical (unpaired) electrons. The number of anilines is 1. The molecule has 1 atom stereocenters. The second kappa shape index (κ2) is 5.49. The van der Waals surface area contributed by atoms with Crippen molar-refractivity contribution in [3.63, 3.8) is 0 Å². The number of carbonyl (C=O) groups excluding carboxylic acids is 1. The molecule has 0 saturated carbocycles. The molecule has 1 aliphatic heterocycles. The summed E-state index contributed by atoms with van der Waals surface area (Å²) < 4.78 is 0. The Balaban J connectivity index is 2.08. The predicted octanol–water partition coefficient (Wildman–Crippen LogP) is 4.30. The van der Waals surface area contributed by atoms with Crippen LogP contribution in [0.4, 0.5) is 5.69 Å². The first-order chi connectivity index (χ1) is 12.0. The Bertz CT molecular complexity index is 911. The fraction of sp³-hybridized carbons (Fsp3) is 0.136. The molecule has 0 aromatic heterocycles. The van der Waals surface area contributed by atoms with E-state index in [1.807, 2.05) is 68.4 Å². The summed E-state index contributed by atoms with van der Waals surface area (Å²) in [4.78, 5) is 13.3. The Morgan fingerprint density at radius 3 is 2.08 bits per heavy atom. The first-order valence-corrected chi connectivity index (χ1v) is 8.31. The Morgan fingerprint density at radius 2 is 1.44 bits per heavy atom. The molecule has 0 spiro atoms. The summed E-state index contributed by atoms with van der Waals surface area (Å²) in [5.74, 6) is 0.122. The van der Waals surface area contributed by atoms with E-state index in [0.717, 1.165) is 33.5 Å². The molecule has 0 fully saturated rings. The Morgan fingerprint density at radius 1 is 0.840 bits per heavy atom. The molecule has 124 valence electrons. The zero-order valence-corrected chi connectivity index (χ0v) is 14.2. The maximum absolute atomic E-state index is 13.3. The number of benzene rings is 3. The number of aryl methyl sites for hydroxylation is 2. The standard InChI is InChI=1S/C22H19NO2/c1-14-6-8-16(9-7-14)22(17-10-12-18(24)13-11-17)19-5-3-4-15(2)20(19)23-21(22)25/h3-13,24H,1-2H3,(H,23,25)/t22-/m1/s1. The van der Waals surface area contributed by atoms with Crippen molar-refractivity contribution in [2.45, 2.75) is 19.3 Å². The van der Waals surface area contributed by atoms with Gasteiger partial charge < -0.3 is 10.4 Å². The number of carbonyl (C=O) groups is 1. The van der Waals surface area contributed by atoms with E-state index in [9.17, 15) is 9.90 Å². The zero-order valence-electron chi connectivity index (χ0n) is 14.2. The number of hydrogen-bond acceptors (Lipinski definition) is 2. The van der Waals surface area contributed by atoms with Crippen LogP contribution >= 0.6 is 0 Å².